The maximum Gasteiger partial charge on any atom is 0.133 e. The summed E-state index contributed by atoms with van der Waals surface area (Å²) in [7, 11) is 3.89. The van der Waals surface area contributed by atoms with E-state index >= 15 is 0 Å². The van der Waals surface area contributed by atoms with E-state index in [4.69, 9.17) is 4.74 Å². The molecule has 10 heavy (non-hydrogen) atoms. The van der Waals surface area contributed by atoms with Gasteiger partial charge in [-0.25, -0.2) is 0 Å². The number of methoxy groups -OCH3 is 1. The van der Waals surface area contributed by atoms with Crippen LogP contribution in [0, 0.1) is 0 Å². The fourth-order valence-corrected chi connectivity index (χ4v) is 1.14. The third kappa shape index (κ3) is 1.94. The molecule has 0 amide bonds. The van der Waals surface area contributed by atoms with Gasteiger partial charge in [-0.1, -0.05) is 6.08 Å². The van der Waals surface area contributed by atoms with Crippen molar-refractivity contribution in [1.82, 2.24) is 0 Å². The lowest BCUT2D eigenvalue weighted by Gasteiger charge is -2.11. The summed E-state index contributed by atoms with van der Waals surface area (Å²) in [6.45, 7) is 0. The van der Waals surface area contributed by atoms with Gasteiger partial charge in [0.1, 0.15) is 7.85 Å². The van der Waals surface area contributed by atoms with Crippen LogP contribution in [0.4, 0.5) is 0 Å². The molecule has 1 aliphatic carbocycles. The van der Waals surface area contributed by atoms with E-state index in [1.54, 1.807) is 7.11 Å². The quantitative estimate of drug-likeness (QED) is 0.389. The molecule has 1 nitrogen and oxygen atoms in total. The van der Waals surface area contributed by atoms with Gasteiger partial charge in [0.2, 0.25) is 0 Å². The Morgan fingerprint density at radius 1 is 1.60 bits per heavy atom. The van der Waals surface area contributed by atoms with Gasteiger partial charge in [-0.2, -0.15) is 0 Å². The van der Waals surface area contributed by atoms with Gasteiger partial charge in [-0.15, -0.1) is 5.47 Å². The Hall–Kier alpha value is -0.655. The summed E-state index contributed by atoms with van der Waals surface area (Å²) < 4.78 is 4.93. The Morgan fingerprint density at radius 2 is 2.40 bits per heavy atom. The first-order valence-electron chi connectivity index (χ1n) is 3.69. The highest BCUT2D eigenvalue weighted by molar-refractivity contribution is 6.21. The number of hydrogen-bond donors (Lipinski definition) is 0. The van der Waals surface area contributed by atoms with Crippen LogP contribution in [-0.4, -0.2) is 15.0 Å². The van der Waals surface area contributed by atoms with Crippen LogP contribution in [0.25, 0.3) is 0 Å². The maximum absolute atomic E-state index is 4.93. The van der Waals surface area contributed by atoms with Crippen molar-refractivity contribution in [3.63, 3.8) is 0 Å². The monoisotopic (exact) mass is 136 g/mol. The molecule has 0 saturated heterocycles. The van der Waals surface area contributed by atoms with E-state index in [0.717, 1.165) is 6.42 Å². The van der Waals surface area contributed by atoms with Crippen LogP contribution in [0.5, 0.6) is 0 Å². The van der Waals surface area contributed by atoms with Gasteiger partial charge in [-0.3, -0.25) is 0 Å². The summed E-state index contributed by atoms with van der Waals surface area (Å²) >= 11 is 0. The molecule has 0 unspecified atom stereocenters. The summed E-state index contributed by atoms with van der Waals surface area (Å²) in [5.41, 5.74) is 2.92. The molecule has 0 N–H and O–H groups in total. The van der Waals surface area contributed by atoms with E-state index in [2.05, 4.69) is 13.9 Å². The first kappa shape index (κ1) is 7.45. The summed E-state index contributed by atoms with van der Waals surface area (Å²) in [5.74, 6) is 0. The number of rotatable bonds is 1. The van der Waals surface area contributed by atoms with Crippen LogP contribution in [0.2, 0.25) is 0 Å². The predicted molar refractivity (Wildman–Crippen MR) is 45.6 cm³/mol. The van der Waals surface area contributed by atoms with Crippen LogP contribution in [-0.2, 0) is 4.74 Å². The second-order valence-corrected chi connectivity index (χ2v) is 2.77. The molecule has 0 radical (unpaired) electrons. The Balaban J connectivity index is 2.49. The van der Waals surface area contributed by atoms with Crippen molar-refractivity contribution < 1.29 is 4.74 Å². The molecular formula is C8H13BO. The molecule has 2 heteroatoms. The smallest absolute Gasteiger partial charge is 0.133 e. The highest BCUT2D eigenvalue weighted by Gasteiger charge is 2.03. The zero-order valence-corrected chi connectivity index (χ0v) is 6.68. The lowest BCUT2D eigenvalue weighted by atomic mass is 9.84. The standard InChI is InChI=1S/C8H13BO/c1-10-6-7-2-4-8(9)5-3-7/h4,6H,2-3,5,9H2,1H3/b7-6-. The molecule has 0 spiro atoms. The molecule has 54 valence electrons. The number of hydrogen-bond acceptors (Lipinski definition) is 1. The van der Waals surface area contributed by atoms with E-state index in [9.17, 15) is 0 Å². The molecule has 0 heterocycles. The van der Waals surface area contributed by atoms with Crippen molar-refractivity contribution in [3.8, 4) is 0 Å². The minimum Gasteiger partial charge on any atom is -0.504 e. The minimum atomic E-state index is 1.08. The Labute approximate surface area is 63.2 Å². The van der Waals surface area contributed by atoms with Gasteiger partial charge in [0, 0.05) is 0 Å². The van der Waals surface area contributed by atoms with Crippen molar-refractivity contribution in [2.75, 3.05) is 7.11 Å². The molecule has 0 aromatic heterocycles. The van der Waals surface area contributed by atoms with E-state index in [1.165, 1.54) is 23.9 Å². The highest BCUT2D eigenvalue weighted by Crippen LogP contribution is 2.20. The van der Waals surface area contributed by atoms with E-state index in [0.29, 0.717) is 0 Å². The van der Waals surface area contributed by atoms with Gasteiger partial charge < -0.3 is 4.74 Å². The largest absolute Gasteiger partial charge is 0.504 e. The minimum absolute atomic E-state index is 1.08. The molecule has 1 aliphatic rings. The zero-order valence-electron chi connectivity index (χ0n) is 6.68. The van der Waals surface area contributed by atoms with Crippen molar-refractivity contribution in [2.45, 2.75) is 19.3 Å². The van der Waals surface area contributed by atoms with Crippen LogP contribution in [0.3, 0.4) is 0 Å². The molecule has 0 aliphatic heterocycles. The SMILES string of the molecule is BC1=CC/C(=C/OC)CC1. The van der Waals surface area contributed by atoms with Crippen molar-refractivity contribution in [1.29, 1.82) is 0 Å². The van der Waals surface area contributed by atoms with Crippen LogP contribution in [0.15, 0.2) is 23.4 Å². The third-order valence-corrected chi connectivity index (χ3v) is 1.84. The molecule has 0 saturated carbocycles. The average Bonchev–Trinajstić information content (AvgIpc) is 1.95. The second kappa shape index (κ2) is 3.50. The lowest BCUT2D eigenvalue weighted by Crippen LogP contribution is -1.94. The van der Waals surface area contributed by atoms with Gasteiger partial charge in [-0.05, 0) is 24.8 Å². The fraction of sp³-hybridized carbons (Fsp3) is 0.500. The zero-order chi connectivity index (χ0) is 7.40. The van der Waals surface area contributed by atoms with E-state index < -0.39 is 0 Å². The van der Waals surface area contributed by atoms with Gasteiger partial charge in [0.05, 0.1) is 13.4 Å². The average molecular weight is 136 g/mol. The normalized spacial score (nSPS) is 22.5. The van der Waals surface area contributed by atoms with Crippen LogP contribution < -0.4 is 0 Å². The molecule has 0 aromatic carbocycles. The Bertz CT molecular complexity index is 170. The molecule has 0 aromatic rings. The topological polar surface area (TPSA) is 9.23 Å². The third-order valence-electron chi connectivity index (χ3n) is 1.84. The predicted octanol–water partition coefficient (Wildman–Crippen LogP) is 1.22. The van der Waals surface area contributed by atoms with Crippen LogP contribution in [0.1, 0.15) is 19.3 Å². The van der Waals surface area contributed by atoms with Crippen molar-refractivity contribution >= 4 is 7.85 Å². The first-order valence-corrected chi connectivity index (χ1v) is 3.69. The molecular weight excluding hydrogens is 123 g/mol. The Morgan fingerprint density at radius 3 is 2.90 bits per heavy atom. The fourth-order valence-electron chi connectivity index (χ4n) is 1.14. The lowest BCUT2D eigenvalue weighted by molar-refractivity contribution is 0.331. The number of allylic oxidation sites excluding steroid dienone is 3. The van der Waals surface area contributed by atoms with Gasteiger partial charge >= 0.3 is 0 Å². The summed E-state index contributed by atoms with van der Waals surface area (Å²) in [5, 5.41) is 0. The van der Waals surface area contributed by atoms with Gasteiger partial charge in [0.15, 0.2) is 0 Å². The van der Waals surface area contributed by atoms with Crippen molar-refractivity contribution in [3.05, 3.63) is 23.4 Å². The summed E-state index contributed by atoms with van der Waals surface area (Å²) in [4.78, 5) is 0. The van der Waals surface area contributed by atoms with E-state index in [-0.39, 0.29) is 0 Å². The first-order chi connectivity index (χ1) is 4.83. The number of ether oxygens (including phenoxy) is 1. The van der Waals surface area contributed by atoms with Crippen molar-refractivity contribution in [2.24, 2.45) is 0 Å². The van der Waals surface area contributed by atoms with Crippen LogP contribution >= 0.6 is 0 Å². The summed E-state index contributed by atoms with van der Waals surface area (Å²) in [6.07, 6.45) is 7.60. The van der Waals surface area contributed by atoms with Gasteiger partial charge in [0.25, 0.3) is 0 Å². The second-order valence-electron chi connectivity index (χ2n) is 2.77. The Kier molecular flexibility index (Phi) is 2.61. The maximum atomic E-state index is 4.93. The van der Waals surface area contributed by atoms with E-state index in [1.807, 2.05) is 6.26 Å². The molecule has 0 atom stereocenters. The molecule has 0 bridgehead atoms. The highest BCUT2D eigenvalue weighted by atomic mass is 16.5. The molecule has 0 fully saturated rings. The molecule has 1 rings (SSSR count). The summed E-state index contributed by atoms with van der Waals surface area (Å²) in [6, 6.07) is 0.